The molecule has 0 aliphatic carbocycles. The van der Waals surface area contributed by atoms with Crippen LogP contribution in [0.4, 0.5) is 5.69 Å². The highest BCUT2D eigenvalue weighted by molar-refractivity contribution is 6.04. The molecule has 6 heteroatoms. The second kappa shape index (κ2) is 10.3. The number of amides is 1. The summed E-state index contributed by atoms with van der Waals surface area (Å²) in [5.41, 5.74) is 2.10. The number of carbonyl (C=O) groups excluding carboxylic acids is 1. The quantitative estimate of drug-likeness (QED) is 0.594. The SMILES string of the molecule is CCCCC(NCc1cccc(NC(=O)c2ccc(OC)cc2)c1)C(=O)O. The lowest BCUT2D eigenvalue weighted by atomic mass is 10.1. The fourth-order valence-electron chi connectivity index (χ4n) is 2.67. The molecule has 27 heavy (non-hydrogen) atoms. The number of aliphatic carboxylic acids is 1. The molecule has 0 radical (unpaired) electrons. The first-order chi connectivity index (χ1) is 13.0. The second-order valence-corrected chi connectivity index (χ2v) is 6.30. The van der Waals surface area contributed by atoms with E-state index in [0.29, 0.717) is 30.0 Å². The number of carboxylic acid groups (broad SMARTS) is 1. The lowest BCUT2D eigenvalue weighted by molar-refractivity contribution is -0.139. The topological polar surface area (TPSA) is 87.7 Å². The average Bonchev–Trinajstić information content (AvgIpc) is 2.68. The van der Waals surface area contributed by atoms with Gasteiger partial charge in [-0.3, -0.25) is 9.59 Å². The first-order valence-electron chi connectivity index (χ1n) is 9.04. The molecule has 0 fully saturated rings. The Balaban J connectivity index is 1.97. The Kier molecular flexibility index (Phi) is 7.82. The Hall–Kier alpha value is -2.86. The highest BCUT2D eigenvalue weighted by Gasteiger charge is 2.15. The van der Waals surface area contributed by atoms with Crippen LogP contribution in [0.1, 0.15) is 42.1 Å². The molecular formula is C21H26N2O4. The van der Waals surface area contributed by atoms with Gasteiger partial charge in [0.25, 0.3) is 5.91 Å². The van der Waals surface area contributed by atoms with E-state index >= 15 is 0 Å². The molecule has 1 amide bonds. The number of carboxylic acids is 1. The third kappa shape index (κ3) is 6.42. The number of nitrogens with one attached hydrogen (secondary N) is 2. The Morgan fingerprint density at radius 2 is 1.89 bits per heavy atom. The van der Waals surface area contributed by atoms with Crippen LogP contribution in [0, 0.1) is 0 Å². The summed E-state index contributed by atoms with van der Waals surface area (Å²) in [6.07, 6.45) is 2.42. The van der Waals surface area contributed by atoms with E-state index in [1.165, 1.54) is 0 Å². The van der Waals surface area contributed by atoms with E-state index in [2.05, 4.69) is 10.6 Å². The van der Waals surface area contributed by atoms with Gasteiger partial charge in [-0.15, -0.1) is 0 Å². The van der Waals surface area contributed by atoms with Crippen LogP contribution in [0.15, 0.2) is 48.5 Å². The molecule has 0 aromatic heterocycles. The summed E-state index contributed by atoms with van der Waals surface area (Å²) < 4.78 is 5.09. The maximum Gasteiger partial charge on any atom is 0.320 e. The molecule has 0 saturated heterocycles. The van der Waals surface area contributed by atoms with Crippen molar-refractivity contribution in [2.75, 3.05) is 12.4 Å². The van der Waals surface area contributed by atoms with E-state index in [0.717, 1.165) is 18.4 Å². The lowest BCUT2D eigenvalue weighted by Crippen LogP contribution is -2.36. The van der Waals surface area contributed by atoms with Gasteiger partial charge in [-0.05, 0) is 48.4 Å². The molecule has 0 heterocycles. The number of anilines is 1. The van der Waals surface area contributed by atoms with Crippen molar-refractivity contribution in [2.45, 2.75) is 38.8 Å². The number of hydrogen-bond donors (Lipinski definition) is 3. The first-order valence-corrected chi connectivity index (χ1v) is 9.04. The number of rotatable bonds is 10. The van der Waals surface area contributed by atoms with Gasteiger partial charge < -0.3 is 20.5 Å². The maximum atomic E-state index is 12.4. The lowest BCUT2D eigenvalue weighted by Gasteiger charge is -2.14. The van der Waals surface area contributed by atoms with Crippen molar-refractivity contribution in [3.8, 4) is 5.75 Å². The Morgan fingerprint density at radius 1 is 1.15 bits per heavy atom. The fraction of sp³-hybridized carbons (Fsp3) is 0.333. The van der Waals surface area contributed by atoms with Crippen LogP contribution >= 0.6 is 0 Å². The fourth-order valence-corrected chi connectivity index (χ4v) is 2.67. The number of ether oxygens (including phenoxy) is 1. The van der Waals surface area contributed by atoms with Gasteiger partial charge in [-0.1, -0.05) is 31.9 Å². The van der Waals surface area contributed by atoms with Crippen LogP contribution in [-0.4, -0.2) is 30.1 Å². The van der Waals surface area contributed by atoms with Gasteiger partial charge in [-0.2, -0.15) is 0 Å². The van der Waals surface area contributed by atoms with Crippen molar-refractivity contribution >= 4 is 17.6 Å². The largest absolute Gasteiger partial charge is 0.497 e. The molecule has 0 bridgehead atoms. The van der Waals surface area contributed by atoms with Crippen LogP contribution < -0.4 is 15.4 Å². The standard InChI is InChI=1S/C21H26N2O4/c1-3-4-8-19(21(25)26)22-14-15-6-5-7-17(13-15)23-20(24)16-9-11-18(27-2)12-10-16/h5-7,9-13,19,22H,3-4,8,14H2,1-2H3,(H,23,24)(H,25,26). The number of methoxy groups -OCH3 is 1. The molecule has 0 aliphatic rings. The normalized spacial score (nSPS) is 11.6. The van der Waals surface area contributed by atoms with E-state index in [9.17, 15) is 14.7 Å². The van der Waals surface area contributed by atoms with E-state index in [4.69, 9.17) is 4.74 Å². The molecule has 6 nitrogen and oxygen atoms in total. The predicted octanol–water partition coefficient (Wildman–Crippen LogP) is 3.68. The first kappa shape index (κ1) is 20.5. The van der Waals surface area contributed by atoms with Crippen molar-refractivity contribution < 1.29 is 19.4 Å². The van der Waals surface area contributed by atoms with Gasteiger partial charge in [0, 0.05) is 17.8 Å². The molecule has 1 unspecified atom stereocenters. The summed E-state index contributed by atoms with van der Waals surface area (Å²) in [7, 11) is 1.58. The molecule has 2 aromatic carbocycles. The summed E-state index contributed by atoms with van der Waals surface area (Å²) in [4.78, 5) is 23.7. The molecule has 1 atom stereocenters. The van der Waals surface area contributed by atoms with Crippen LogP contribution in [0.3, 0.4) is 0 Å². The average molecular weight is 370 g/mol. The summed E-state index contributed by atoms with van der Waals surface area (Å²) in [5, 5.41) is 15.2. The third-order valence-corrected chi connectivity index (χ3v) is 4.23. The zero-order valence-corrected chi connectivity index (χ0v) is 15.7. The Labute approximate surface area is 159 Å². The van der Waals surface area contributed by atoms with Gasteiger partial charge in [0.15, 0.2) is 0 Å². The number of hydrogen-bond acceptors (Lipinski definition) is 4. The summed E-state index contributed by atoms with van der Waals surface area (Å²) in [5.74, 6) is -0.364. The minimum Gasteiger partial charge on any atom is -0.497 e. The zero-order valence-electron chi connectivity index (χ0n) is 15.7. The van der Waals surface area contributed by atoms with Gasteiger partial charge >= 0.3 is 5.97 Å². The molecule has 0 saturated carbocycles. The van der Waals surface area contributed by atoms with Crippen molar-refractivity contribution in [1.82, 2.24) is 5.32 Å². The van der Waals surface area contributed by atoms with E-state index in [1.807, 2.05) is 25.1 Å². The van der Waals surface area contributed by atoms with Gasteiger partial charge in [0.2, 0.25) is 0 Å². The van der Waals surface area contributed by atoms with Crippen LogP contribution in [-0.2, 0) is 11.3 Å². The van der Waals surface area contributed by atoms with E-state index in [-0.39, 0.29) is 5.91 Å². The highest BCUT2D eigenvalue weighted by atomic mass is 16.5. The molecule has 2 rings (SSSR count). The van der Waals surface area contributed by atoms with Crippen LogP contribution in [0.5, 0.6) is 5.75 Å². The molecule has 2 aromatic rings. The third-order valence-electron chi connectivity index (χ3n) is 4.23. The van der Waals surface area contributed by atoms with Crippen LogP contribution in [0.25, 0.3) is 0 Å². The second-order valence-electron chi connectivity index (χ2n) is 6.30. The van der Waals surface area contributed by atoms with Gasteiger partial charge in [0.05, 0.1) is 7.11 Å². The van der Waals surface area contributed by atoms with Crippen molar-refractivity contribution in [3.63, 3.8) is 0 Å². The minimum atomic E-state index is -0.840. The van der Waals surface area contributed by atoms with Crippen molar-refractivity contribution in [1.29, 1.82) is 0 Å². The van der Waals surface area contributed by atoms with E-state index in [1.54, 1.807) is 37.4 Å². The monoisotopic (exact) mass is 370 g/mol. The number of unbranched alkanes of at least 4 members (excludes halogenated alkanes) is 1. The number of benzene rings is 2. The minimum absolute atomic E-state index is 0.214. The number of carbonyl (C=O) groups is 2. The van der Waals surface area contributed by atoms with Gasteiger partial charge in [-0.25, -0.2) is 0 Å². The molecule has 0 spiro atoms. The van der Waals surface area contributed by atoms with E-state index < -0.39 is 12.0 Å². The summed E-state index contributed by atoms with van der Waals surface area (Å²) >= 11 is 0. The highest BCUT2D eigenvalue weighted by Crippen LogP contribution is 2.15. The predicted molar refractivity (Wildman–Crippen MR) is 105 cm³/mol. The Bertz CT molecular complexity index is 759. The Morgan fingerprint density at radius 3 is 2.52 bits per heavy atom. The molecular weight excluding hydrogens is 344 g/mol. The van der Waals surface area contributed by atoms with Crippen LogP contribution in [0.2, 0.25) is 0 Å². The maximum absolute atomic E-state index is 12.4. The van der Waals surface area contributed by atoms with Crippen molar-refractivity contribution in [3.05, 3.63) is 59.7 Å². The summed E-state index contributed by atoms with van der Waals surface area (Å²) in [6, 6.07) is 13.7. The molecule has 144 valence electrons. The summed E-state index contributed by atoms with van der Waals surface area (Å²) in [6.45, 7) is 2.46. The molecule has 0 aliphatic heterocycles. The van der Waals surface area contributed by atoms with Gasteiger partial charge in [0.1, 0.15) is 11.8 Å². The smallest absolute Gasteiger partial charge is 0.320 e. The zero-order chi connectivity index (χ0) is 19.6. The molecule has 3 N–H and O–H groups in total. The van der Waals surface area contributed by atoms with Crippen molar-refractivity contribution in [2.24, 2.45) is 0 Å².